The summed E-state index contributed by atoms with van der Waals surface area (Å²) in [6, 6.07) is 184. The Morgan fingerprint density at radius 2 is 0.358 bits per heavy atom. The van der Waals surface area contributed by atoms with E-state index < -0.39 is 21.7 Å². The van der Waals surface area contributed by atoms with Gasteiger partial charge in [0.1, 0.15) is 0 Å². The summed E-state index contributed by atoms with van der Waals surface area (Å²) in [6.07, 6.45) is 0. The van der Waals surface area contributed by atoms with E-state index in [9.17, 15) is 0 Å². The van der Waals surface area contributed by atoms with E-state index in [-0.39, 0.29) is 18.8 Å². The molecule has 6 heteroatoms. The van der Waals surface area contributed by atoms with Crippen LogP contribution in [0.25, 0.3) is 89.0 Å². The molecule has 0 radical (unpaired) electrons. The lowest BCUT2D eigenvalue weighted by atomic mass is 9.33. The fraction of sp³-hybridized carbons (Fsp3) is 0.0704. The molecule has 22 aromatic carbocycles. The quantitative estimate of drug-likeness (QED) is 0.163. The molecule has 0 fully saturated rings. The van der Waals surface area contributed by atoms with Crippen molar-refractivity contribution >= 4 is 114 Å². The number of hydrogen-bond donors (Lipinski definition) is 0. The van der Waals surface area contributed by atoms with Crippen molar-refractivity contribution in [3.8, 4) is 89.0 Å². The third kappa shape index (κ3) is 10.2. The zero-order valence-corrected chi connectivity index (χ0v) is 82.6. The highest BCUT2D eigenvalue weighted by atomic mass is 15.2. The summed E-state index contributed by atoms with van der Waals surface area (Å²) in [5, 5.41) is 0. The van der Waals surface area contributed by atoms with Gasteiger partial charge < -0.3 is 19.6 Å². The molecule has 0 unspecified atom stereocenters. The molecule has 34 rings (SSSR count). The highest BCUT2D eigenvalue weighted by Gasteiger charge is 2.59. The van der Waals surface area contributed by atoms with Crippen LogP contribution in [0.4, 0.5) is 68.2 Å². The maximum absolute atomic E-state index is 2.59. The first-order chi connectivity index (χ1) is 72.9. The molecule has 4 heterocycles. The molecule has 4 aliphatic heterocycles. The van der Waals surface area contributed by atoms with Crippen LogP contribution in [0.5, 0.6) is 0 Å². The maximum Gasteiger partial charge on any atom is 0.252 e. The van der Waals surface area contributed by atoms with E-state index in [1.807, 2.05) is 0 Å². The van der Waals surface area contributed by atoms with Gasteiger partial charge in [-0.3, -0.25) is 0 Å². The lowest BCUT2D eigenvalue weighted by Gasteiger charge is -2.44. The van der Waals surface area contributed by atoms with Crippen LogP contribution in [-0.4, -0.2) is 13.4 Å². The van der Waals surface area contributed by atoms with Gasteiger partial charge in [-0.1, -0.05) is 414 Å². The second-order valence-corrected chi connectivity index (χ2v) is 43.8. The standard InChI is InChI=1S/C72H49BN2.C70H45BN2/c1-70(2,3)44-35-40-66-64(41-44)73-63-31-16-17-32-65(63)74(45-36-38-61-53(42-45)51-23-8-14-29-59(51)71(61)55-25-10-4-19-47(55)48-20-5-11-26-56(48)71)67-33-18-34-68(69(67)73)75(66)46-37-39-62-54(43-46)52-24-9-15-30-60(52)72(62)57-27-12-6-21-49(57)50-22-7-13-28-58(50)72;1-42-30-36-64-62(38-42)71-63-39-43(2)31-37-65(63)73(45-33-35-61-53(41-45)51-21-8-14-27-59(51)70(61)56-24-11-5-18-48(56)49-19-6-12-25-57(49)70)67-29-15-28-66(68(67)71)72(64)44-32-34-60-52(40-44)50-20-7-13-26-58(50)69(60)54-22-9-3-16-46(54)47-17-4-10-23-55(47)69/h4-43H,1-3H3;3-41H,1-2H3. The van der Waals surface area contributed by atoms with Crippen LogP contribution < -0.4 is 52.4 Å². The van der Waals surface area contributed by atoms with Crippen LogP contribution in [0.1, 0.15) is 126 Å². The van der Waals surface area contributed by atoms with E-state index in [0.717, 1.165) is 5.69 Å². The van der Waals surface area contributed by atoms with Gasteiger partial charge in [0.05, 0.1) is 21.7 Å². The minimum absolute atomic E-state index is 0.0204. The largest absolute Gasteiger partial charge is 0.311 e. The Bertz CT molecular complexity index is 9280. The number of aryl methyl sites for hydroxylation is 2. The Morgan fingerprint density at radius 3 is 0.615 bits per heavy atom. The number of hydrogen-bond acceptors (Lipinski definition) is 4. The number of benzene rings is 22. The number of nitrogens with zero attached hydrogens (tertiary/aromatic N) is 4. The van der Waals surface area contributed by atoms with E-state index in [0.29, 0.717) is 0 Å². The molecule has 22 aromatic rings. The number of rotatable bonds is 4. The van der Waals surface area contributed by atoms with Gasteiger partial charge in [0, 0.05) is 68.2 Å². The lowest BCUT2D eigenvalue weighted by molar-refractivity contribution is 0.591. The Balaban J connectivity index is 0.000000129. The smallest absolute Gasteiger partial charge is 0.252 e. The van der Waals surface area contributed by atoms with Crippen molar-refractivity contribution in [2.75, 3.05) is 19.6 Å². The monoisotopic (exact) mass is 1880 g/mol. The van der Waals surface area contributed by atoms with E-state index >= 15 is 0 Å². The van der Waals surface area contributed by atoms with Crippen molar-refractivity contribution < 1.29 is 0 Å². The van der Waals surface area contributed by atoms with E-state index in [1.54, 1.807) is 0 Å². The Hall–Kier alpha value is -17.8. The summed E-state index contributed by atoms with van der Waals surface area (Å²) in [5.74, 6) is 0. The van der Waals surface area contributed by atoms with Crippen molar-refractivity contribution in [3.63, 3.8) is 0 Å². The average Bonchev–Trinajstić information content (AvgIpc) is 1.48. The van der Waals surface area contributed by atoms with Gasteiger partial charge in [-0.2, -0.15) is 0 Å². The highest BCUT2D eigenvalue weighted by molar-refractivity contribution is 7.01. The molecule has 8 aliphatic carbocycles. The fourth-order valence-corrected chi connectivity index (χ4v) is 30.6. The molecule has 0 atom stereocenters. The molecule has 0 N–H and O–H groups in total. The van der Waals surface area contributed by atoms with Gasteiger partial charge in [-0.05, 0) is 333 Å². The van der Waals surface area contributed by atoms with Crippen molar-refractivity contribution in [2.24, 2.45) is 0 Å². The van der Waals surface area contributed by atoms with E-state index in [4.69, 9.17) is 0 Å². The first kappa shape index (κ1) is 82.6. The van der Waals surface area contributed by atoms with Crippen molar-refractivity contribution in [2.45, 2.75) is 61.7 Å². The molecule has 4 spiro atoms. The second kappa shape index (κ2) is 29.5. The summed E-state index contributed by atoms with van der Waals surface area (Å²) in [6.45, 7) is 11.6. The van der Waals surface area contributed by atoms with Gasteiger partial charge in [0.15, 0.2) is 0 Å². The molecule has 0 saturated carbocycles. The topological polar surface area (TPSA) is 13.0 Å². The molecule has 0 amide bonds. The summed E-state index contributed by atoms with van der Waals surface area (Å²) in [5.41, 5.74) is 67.5. The number of fused-ring (bicyclic) bond motifs is 48. The Kier molecular flexibility index (Phi) is 16.5. The molecule has 688 valence electrons. The minimum atomic E-state index is -0.402. The van der Waals surface area contributed by atoms with Gasteiger partial charge in [-0.15, -0.1) is 0 Å². The van der Waals surface area contributed by atoms with Crippen LogP contribution in [0.3, 0.4) is 0 Å². The van der Waals surface area contributed by atoms with Crippen LogP contribution in [0.15, 0.2) is 479 Å². The van der Waals surface area contributed by atoms with Crippen molar-refractivity contribution in [1.29, 1.82) is 0 Å². The molecule has 0 saturated heterocycles. The molecule has 12 aliphatic rings. The van der Waals surface area contributed by atoms with Gasteiger partial charge in [0.2, 0.25) is 0 Å². The van der Waals surface area contributed by atoms with Crippen LogP contribution >= 0.6 is 0 Å². The predicted octanol–water partition coefficient (Wildman–Crippen LogP) is 30.8. The molecule has 148 heavy (non-hydrogen) atoms. The summed E-state index contributed by atoms with van der Waals surface area (Å²) in [4.78, 5) is 10.3. The van der Waals surface area contributed by atoms with Crippen molar-refractivity contribution in [3.05, 3.63) is 585 Å². The summed E-state index contributed by atoms with van der Waals surface area (Å²) in [7, 11) is 0. The normalized spacial score (nSPS) is 15.2. The molecular weight excluding hydrogens is 1780 g/mol. The fourth-order valence-electron chi connectivity index (χ4n) is 30.6. The highest BCUT2D eigenvalue weighted by Crippen LogP contribution is 2.70. The average molecular weight is 1880 g/mol. The Morgan fingerprint density at radius 1 is 0.162 bits per heavy atom. The number of anilines is 12. The first-order valence-electron chi connectivity index (χ1n) is 52.6. The zero-order valence-electron chi connectivity index (χ0n) is 82.6. The first-order valence-corrected chi connectivity index (χ1v) is 52.6. The van der Waals surface area contributed by atoms with Crippen LogP contribution in [0, 0.1) is 13.8 Å². The van der Waals surface area contributed by atoms with Gasteiger partial charge >= 0.3 is 0 Å². The third-order valence-corrected chi connectivity index (χ3v) is 36.0. The van der Waals surface area contributed by atoms with E-state index in [1.165, 1.54) is 290 Å². The SMILES string of the molecule is CC(C)(C)c1ccc2c(c1)B1c3ccccc3N(c3ccc4c(c3)-c3ccccc3C43c4ccccc4-c4ccccc43)c3cccc(c31)N2c1ccc2c(c1)-c1ccccc1C21c2ccccc2-c2ccccc21.Cc1ccc2c(c1)B1c3cc(C)ccc3N(c3ccc4c(c3)-c3ccccc3C43c4ccccc4-c4ccccc43)c3cccc(c31)N2c1ccc2c(c1)-c1ccccc1C21c2ccccc2-c2ccccc21. The number of para-hydroxylation sites is 1. The molecule has 0 aromatic heterocycles. The molecule has 0 bridgehead atoms. The minimum Gasteiger partial charge on any atom is -0.311 e. The molecular formula is C142H94B2N4. The zero-order chi connectivity index (χ0) is 97.4. The second-order valence-electron chi connectivity index (χ2n) is 43.8. The van der Waals surface area contributed by atoms with E-state index in [2.05, 4.69) is 533 Å². The molecule has 4 nitrogen and oxygen atoms in total. The van der Waals surface area contributed by atoms with Crippen LogP contribution in [0.2, 0.25) is 0 Å². The third-order valence-electron chi connectivity index (χ3n) is 36.0. The lowest BCUT2D eigenvalue weighted by Crippen LogP contribution is -2.61. The van der Waals surface area contributed by atoms with Crippen molar-refractivity contribution in [1.82, 2.24) is 0 Å². The maximum atomic E-state index is 2.59. The van der Waals surface area contributed by atoms with Gasteiger partial charge in [-0.25, -0.2) is 0 Å². The van der Waals surface area contributed by atoms with Gasteiger partial charge in [0.25, 0.3) is 13.4 Å². The Labute approximate surface area is 863 Å². The predicted molar refractivity (Wildman–Crippen MR) is 614 cm³/mol. The summed E-state index contributed by atoms with van der Waals surface area (Å²) >= 11 is 0. The summed E-state index contributed by atoms with van der Waals surface area (Å²) < 4.78 is 0. The van der Waals surface area contributed by atoms with Crippen LogP contribution in [-0.2, 0) is 27.1 Å².